The number of carbonyl (C=O) groups is 2. The standard InChI is InChI=1S/C22H22N4O3/c27-21(18-12-10-17(11-13-18)16-6-2-1-3-7-16)14-29-22(28)19-8-4-5-9-20(19)26-15-23-24-25-26/h4-5,8-13,15-16H,1-3,6-7,14H2. The second-order valence-electron chi connectivity index (χ2n) is 7.23. The third-order valence-electron chi connectivity index (χ3n) is 5.36. The summed E-state index contributed by atoms with van der Waals surface area (Å²) >= 11 is 0. The number of nitrogens with zero attached hydrogens (tertiary/aromatic N) is 4. The number of aromatic nitrogens is 4. The van der Waals surface area contributed by atoms with Crippen molar-refractivity contribution in [3.8, 4) is 5.69 Å². The summed E-state index contributed by atoms with van der Waals surface area (Å²) in [6, 6.07) is 14.5. The molecule has 0 unspecified atom stereocenters. The Morgan fingerprint density at radius 1 is 1.00 bits per heavy atom. The minimum Gasteiger partial charge on any atom is -0.454 e. The zero-order valence-electron chi connectivity index (χ0n) is 16.0. The topological polar surface area (TPSA) is 87.0 Å². The molecule has 1 aliphatic carbocycles. The summed E-state index contributed by atoms with van der Waals surface area (Å²) < 4.78 is 6.64. The maximum atomic E-state index is 12.5. The molecule has 1 fully saturated rings. The van der Waals surface area contributed by atoms with Crippen LogP contribution in [-0.2, 0) is 4.74 Å². The first-order valence-electron chi connectivity index (χ1n) is 9.85. The number of hydrogen-bond donors (Lipinski definition) is 0. The fraction of sp³-hybridized carbons (Fsp3) is 0.318. The maximum Gasteiger partial charge on any atom is 0.340 e. The van der Waals surface area contributed by atoms with Gasteiger partial charge in [-0.2, -0.15) is 4.68 Å². The summed E-state index contributed by atoms with van der Waals surface area (Å²) in [7, 11) is 0. The van der Waals surface area contributed by atoms with Gasteiger partial charge >= 0.3 is 5.97 Å². The van der Waals surface area contributed by atoms with E-state index in [4.69, 9.17) is 4.74 Å². The molecule has 1 saturated carbocycles. The van der Waals surface area contributed by atoms with E-state index < -0.39 is 5.97 Å². The molecule has 1 aliphatic rings. The lowest BCUT2D eigenvalue weighted by molar-refractivity contribution is 0.0474. The van der Waals surface area contributed by atoms with Gasteiger partial charge in [-0.05, 0) is 46.9 Å². The van der Waals surface area contributed by atoms with Crippen molar-refractivity contribution < 1.29 is 14.3 Å². The van der Waals surface area contributed by atoms with Crippen molar-refractivity contribution in [3.63, 3.8) is 0 Å². The smallest absolute Gasteiger partial charge is 0.340 e. The number of rotatable bonds is 6. The summed E-state index contributed by atoms with van der Waals surface area (Å²) in [5.41, 5.74) is 2.62. The lowest BCUT2D eigenvalue weighted by Gasteiger charge is -2.22. The molecular formula is C22H22N4O3. The van der Waals surface area contributed by atoms with E-state index in [0.717, 1.165) is 0 Å². The number of ketones is 1. The normalized spacial score (nSPS) is 14.5. The molecule has 0 amide bonds. The molecule has 0 aliphatic heterocycles. The second kappa shape index (κ2) is 8.77. The van der Waals surface area contributed by atoms with Gasteiger partial charge in [0.05, 0.1) is 11.3 Å². The van der Waals surface area contributed by atoms with Crippen LogP contribution in [0, 0.1) is 0 Å². The van der Waals surface area contributed by atoms with Gasteiger partial charge < -0.3 is 4.74 Å². The maximum absolute atomic E-state index is 12.5. The predicted molar refractivity (Wildman–Crippen MR) is 106 cm³/mol. The van der Waals surface area contributed by atoms with Crippen molar-refractivity contribution in [3.05, 3.63) is 71.5 Å². The first-order chi connectivity index (χ1) is 14.2. The van der Waals surface area contributed by atoms with E-state index in [1.54, 1.807) is 24.3 Å². The van der Waals surface area contributed by atoms with Gasteiger partial charge in [0.25, 0.3) is 0 Å². The average Bonchev–Trinajstić information content (AvgIpc) is 3.33. The van der Waals surface area contributed by atoms with Crippen molar-refractivity contribution >= 4 is 11.8 Å². The third-order valence-corrected chi connectivity index (χ3v) is 5.36. The number of benzene rings is 2. The minimum atomic E-state index is -0.594. The molecule has 7 nitrogen and oxygen atoms in total. The highest BCUT2D eigenvalue weighted by atomic mass is 16.5. The highest BCUT2D eigenvalue weighted by Gasteiger charge is 2.18. The van der Waals surface area contributed by atoms with Gasteiger partial charge in [-0.15, -0.1) is 5.10 Å². The number of para-hydroxylation sites is 1. The minimum absolute atomic E-state index is 0.228. The van der Waals surface area contributed by atoms with E-state index in [0.29, 0.717) is 22.7 Å². The Balaban J connectivity index is 1.39. The molecule has 0 radical (unpaired) electrons. The van der Waals surface area contributed by atoms with E-state index in [1.165, 1.54) is 48.7 Å². The summed E-state index contributed by atoms with van der Waals surface area (Å²) in [5, 5.41) is 11.0. The molecule has 29 heavy (non-hydrogen) atoms. The second-order valence-corrected chi connectivity index (χ2v) is 7.23. The van der Waals surface area contributed by atoms with Crippen LogP contribution in [0.25, 0.3) is 5.69 Å². The summed E-state index contributed by atoms with van der Waals surface area (Å²) in [5.74, 6) is -0.231. The Kier molecular flexibility index (Phi) is 5.74. The van der Waals surface area contributed by atoms with Crippen LogP contribution in [0.1, 0.15) is 64.3 Å². The number of hydrogen-bond acceptors (Lipinski definition) is 6. The molecule has 7 heteroatoms. The van der Waals surface area contributed by atoms with Crippen LogP contribution in [0.5, 0.6) is 0 Å². The summed E-state index contributed by atoms with van der Waals surface area (Å²) in [4.78, 5) is 25.0. The Morgan fingerprint density at radius 3 is 2.48 bits per heavy atom. The summed E-state index contributed by atoms with van der Waals surface area (Å²) in [6.45, 7) is -0.314. The van der Waals surface area contributed by atoms with Crippen molar-refractivity contribution in [2.75, 3.05) is 6.61 Å². The molecule has 4 rings (SSSR count). The highest BCUT2D eigenvalue weighted by molar-refractivity contribution is 6.00. The van der Waals surface area contributed by atoms with E-state index in [1.807, 2.05) is 24.3 Å². The molecule has 0 saturated heterocycles. The number of esters is 1. The van der Waals surface area contributed by atoms with Crippen LogP contribution < -0.4 is 0 Å². The summed E-state index contributed by atoms with van der Waals surface area (Å²) in [6.07, 6.45) is 7.68. The number of tetrazole rings is 1. The Bertz CT molecular complexity index is 978. The van der Waals surface area contributed by atoms with E-state index in [9.17, 15) is 9.59 Å². The lowest BCUT2D eigenvalue weighted by atomic mass is 9.84. The molecule has 2 aromatic carbocycles. The van der Waals surface area contributed by atoms with Gasteiger partial charge in [-0.25, -0.2) is 4.79 Å². The molecule has 1 heterocycles. The number of ether oxygens (including phenoxy) is 1. The van der Waals surface area contributed by atoms with Crippen molar-refractivity contribution in [2.45, 2.75) is 38.0 Å². The fourth-order valence-corrected chi connectivity index (χ4v) is 3.79. The molecule has 0 N–H and O–H groups in total. The predicted octanol–water partition coefficient (Wildman–Crippen LogP) is 3.75. The SMILES string of the molecule is O=C(COC(=O)c1ccccc1-n1cnnn1)c1ccc(C2CCCCC2)cc1. The van der Waals surface area contributed by atoms with Crippen LogP contribution >= 0.6 is 0 Å². The van der Waals surface area contributed by atoms with Gasteiger partial charge in [0, 0.05) is 5.56 Å². The molecule has 0 spiro atoms. The van der Waals surface area contributed by atoms with Gasteiger partial charge in [0.15, 0.2) is 12.4 Å². The van der Waals surface area contributed by atoms with Crippen LogP contribution in [0.15, 0.2) is 54.9 Å². The monoisotopic (exact) mass is 390 g/mol. The van der Waals surface area contributed by atoms with Crippen molar-refractivity contribution in [2.24, 2.45) is 0 Å². The molecule has 0 atom stereocenters. The molecule has 148 valence electrons. The van der Waals surface area contributed by atoms with Crippen LogP contribution in [0.2, 0.25) is 0 Å². The van der Waals surface area contributed by atoms with Gasteiger partial charge in [-0.1, -0.05) is 55.7 Å². The van der Waals surface area contributed by atoms with Gasteiger partial charge in [0.1, 0.15) is 6.33 Å². The average molecular weight is 390 g/mol. The fourth-order valence-electron chi connectivity index (χ4n) is 3.79. The first kappa shape index (κ1) is 19.0. The molecule has 3 aromatic rings. The van der Waals surface area contributed by atoms with E-state index in [-0.39, 0.29) is 12.4 Å². The van der Waals surface area contributed by atoms with Crippen molar-refractivity contribution in [1.82, 2.24) is 20.2 Å². The van der Waals surface area contributed by atoms with Crippen LogP contribution in [0.3, 0.4) is 0 Å². The van der Waals surface area contributed by atoms with Gasteiger partial charge in [-0.3, -0.25) is 4.79 Å². The zero-order valence-corrected chi connectivity index (χ0v) is 16.0. The Hall–Kier alpha value is -3.35. The zero-order chi connectivity index (χ0) is 20.1. The highest BCUT2D eigenvalue weighted by Crippen LogP contribution is 2.32. The Labute approximate surface area is 168 Å². The quantitative estimate of drug-likeness (QED) is 0.471. The molecule has 0 bridgehead atoms. The Morgan fingerprint density at radius 2 is 1.76 bits per heavy atom. The number of carbonyl (C=O) groups excluding carboxylic acids is 2. The van der Waals surface area contributed by atoms with Crippen LogP contribution in [-0.4, -0.2) is 38.6 Å². The first-order valence-corrected chi connectivity index (χ1v) is 9.85. The number of Topliss-reactive ketones (excluding diaryl/α,β-unsaturated/α-hetero) is 1. The van der Waals surface area contributed by atoms with Crippen molar-refractivity contribution in [1.29, 1.82) is 0 Å². The lowest BCUT2D eigenvalue weighted by Crippen LogP contribution is -2.16. The van der Waals surface area contributed by atoms with Crippen LogP contribution in [0.4, 0.5) is 0 Å². The van der Waals surface area contributed by atoms with E-state index in [2.05, 4.69) is 15.5 Å². The van der Waals surface area contributed by atoms with Gasteiger partial charge in [0.2, 0.25) is 0 Å². The molecular weight excluding hydrogens is 368 g/mol. The molecule has 1 aromatic heterocycles. The van der Waals surface area contributed by atoms with E-state index >= 15 is 0 Å². The largest absolute Gasteiger partial charge is 0.454 e. The third kappa shape index (κ3) is 4.39.